The van der Waals surface area contributed by atoms with E-state index in [9.17, 15) is 39.6 Å². The highest BCUT2D eigenvalue weighted by Crippen LogP contribution is 2.17. The van der Waals surface area contributed by atoms with Crippen molar-refractivity contribution in [1.29, 1.82) is 0 Å². The van der Waals surface area contributed by atoms with E-state index in [4.69, 9.17) is 0 Å². The number of Topliss-reactive ketones (excluding diaryl/α,β-unsaturated/α-hetero) is 2. The molecule has 4 atom stereocenters. The number of nitrogens with zero attached hydrogens (tertiary/aromatic N) is 2. The summed E-state index contributed by atoms with van der Waals surface area (Å²) in [6.45, 7) is 0.229. The number of quaternary nitrogens is 2. The predicted molar refractivity (Wildman–Crippen MR) is 113 cm³/mol. The number of carboxylic acid groups (broad SMARTS) is 2. The van der Waals surface area contributed by atoms with E-state index in [0.717, 1.165) is 0 Å². The second-order valence-electron chi connectivity index (χ2n) is 10.2. The number of unbranched alkanes of at least 4 members (excludes halogenated alkanes) is 2. The van der Waals surface area contributed by atoms with Crippen molar-refractivity contribution < 1.29 is 48.6 Å². The zero-order valence-corrected chi connectivity index (χ0v) is 19.6. The lowest BCUT2D eigenvalue weighted by Crippen LogP contribution is -2.48. The molecule has 180 valence electrons. The summed E-state index contributed by atoms with van der Waals surface area (Å²) in [5.74, 6) is -6.86. The van der Waals surface area contributed by atoms with Crippen LogP contribution in [0.4, 0.5) is 0 Å². The average Bonchev–Trinajstić information content (AvgIpc) is 2.50. The van der Waals surface area contributed by atoms with Crippen LogP contribution in [0.25, 0.3) is 0 Å². The lowest BCUT2D eigenvalue weighted by Gasteiger charge is -2.29. The fourth-order valence-electron chi connectivity index (χ4n) is 3.45. The van der Waals surface area contributed by atoms with Gasteiger partial charge < -0.3 is 29.4 Å². The minimum atomic E-state index is -1.50. The van der Waals surface area contributed by atoms with Crippen LogP contribution in [0.15, 0.2) is 0 Å². The molecule has 4 unspecified atom stereocenters. The molecule has 0 saturated carbocycles. The topological polar surface area (TPSA) is 149 Å². The standard InChI is InChI=1S/C21H38N2O8/c1-22(2,3)12-16(26)18(20(28)29)14(24)10-8-7-9-11-15(25)19(21(30)31)17(27)13-23(4,5)6/h16-19,26-27H,7-13H2,1-6H3/p+2. The van der Waals surface area contributed by atoms with Crippen molar-refractivity contribution in [2.75, 3.05) is 55.4 Å². The van der Waals surface area contributed by atoms with Crippen LogP contribution in [0.5, 0.6) is 0 Å². The zero-order chi connectivity index (χ0) is 24.6. The van der Waals surface area contributed by atoms with E-state index in [1.54, 1.807) is 42.3 Å². The summed E-state index contributed by atoms with van der Waals surface area (Å²) in [6.07, 6.45) is -1.63. The van der Waals surface area contributed by atoms with Gasteiger partial charge in [-0.15, -0.1) is 0 Å². The van der Waals surface area contributed by atoms with Crippen molar-refractivity contribution in [3.63, 3.8) is 0 Å². The summed E-state index contributed by atoms with van der Waals surface area (Å²) in [4.78, 5) is 47.5. The van der Waals surface area contributed by atoms with Gasteiger partial charge in [-0.2, -0.15) is 0 Å². The summed E-state index contributed by atoms with van der Waals surface area (Å²) in [5.41, 5.74) is 0. The van der Waals surface area contributed by atoms with Gasteiger partial charge in [-0.25, -0.2) is 0 Å². The highest BCUT2D eigenvalue weighted by Gasteiger charge is 2.37. The monoisotopic (exact) mass is 448 g/mol. The molecule has 10 heteroatoms. The molecule has 0 bridgehead atoms. The van der Waals surface area contributed by atoms with E-state index < -0.39 is 47.5 Å². The smallest absolute Gasteiger partial charge is 0.316 e. The maximum Gasteiger partial charge on any atom is 0.316 e. The van der Waals surface area contributed by atoms with E-state index in [-0.39, 0.29) is 25.9 Å². The zero-order valence-electron chi connectivity index (χ0n) is 19.6. The number of carboxylic acids is 2. The number of carbonyl (C=O) groups excluding carboxylic acids is 2. The highest BCUT2D eigenvalue weighted by atomic mass is 16.4. The molecule has 0 aromatic heterocycles. The van der Waals surface area contributed by atoms with Crippen LogP contribution in [0.3, 0.4) is 0 Å². The van der Waals surface area contributed by atoms with Crippen LogP contribution >= 0.6 is 0 Å². The van der Waals surface area contributed by atoms with Gasteiger partial charge in [-0.05, 0) is 12.8 Å². The molecule has 0 radical (unpaired) electrons. The van der Waals surface area contributed by atoms with Crippen LogP contribution in [0.2, 0.25) is 0 Å². The molecular weight excluding hydrogens is 408 g/mol. The van der Waals surface area contributed by atoms with Gasteiger partial charge in [-0.1, -0.05) is 6.42 Å². The van der Waals surface area contributed by atoms with Crippen LogP contribution < -0.4 is 0 Å². The molecule has 0 heterocycles. The molecule has 0 rings (SSSR count). The maximum absolute atomic E-state index is 12.3. The number of hydrogen-bond donors (Lipinski definition) is 4. The molecule has 4 N–H and O–H groups in total. The molecule has 0 amide bonds. The van der Waals surface area contributed by atoms with Crippen LogP contribution in [-0.4, -0.2) is 120 Å². The molecule has 0 spiro atoms. The average molecular weight is 449 g/mol. The van der Waals surface area contributed by atoms with E-state index in [1.165, 1.54) is 0 Å². The van der Waals surface area contributed by atoms with E-state index in [2.05, 4.69) is 0 Å². The summed E-state index contributed by atoms with van der Waals surface area (Å²) < 4.78 is 0.621. The van der Waals surface area contributed by atoms with Crippen LogP contribution in [-0.2, 0) is 19.2 Å². The third kappa shape index (κ3) is 11.9. The maximum atomic E-state index is 12.3. The number of carbonyl (C=O) groups is 4. The SMILES string of the molecule is C[N+](C)(C)CC(O)C(C(=O)O)C(=O)CCCCCC(=O)C(C(=O)O)C(O)C[N+](C)(C)C. The molecule has 31 heavy (non-hydrogen) atoms. The number of likely N-dealkylation sites (N-methyl/N-ethyl adjacent to an activating group) is 2. The molecule has 0 aromatic carbocycles. The Labute approximate surface area is 184 Å². The highest BCUT2D eigenvalue weighted by molar-refractivity contribution is 5.99. The van der Waals surface area contributed by atoms with Crippen molar-refractivity contribution in [3.8, 4) is 0 Å². The lowest BCUT2D eigenvalue weighted by molar-refractivity contribution is -0.873. The van der Waals surface area contributed by atoms with Gasteiger partial charge in [0.25, 0.3) is 0 Å². The number of aliphatic hydroxyl groups excluding tert-OH is 2. The Morgan fingerprint density at radius 2 is 0.903 bits per heavy atom. The Hall–Kier alpha value is -1.88. The number of hydrogen-bond acceptors (Lipinski definition) is 6. The van der Waals surface area contributed by atoms with E-state index in [0.29, 0.717) is 28.2 Å². The lowest BCUT2D eigenvalue weighted by atomic mass is 9.91. The molecule has 10 nitrogen and oxygen atoms in total. The van der Waals surface area contributed by atoms with Crippen molar-refractivity contribution in [2.24, 2.45) is 11.8 Å². The van der Waals surface area contributed by atoms with Gasteiger partial charge in [0, 0.05) is 12.8 Å². The van der Waals surface area contributed by atoms with Crippen molar-refractivity contribution in [3.05, 3.63) is 0 Å². The molecular formula is C21H40N2O8+2. The first-order valence-corrected chi connectivity index (χ1v) is 10.4. The van der Waals surface area contributed by atoms with Crippen molar-refractivity contribution >= 4 is 23.5 Å². The van der Waals surface area contributed by atoms with Gasteiger partial charge in [-0.3, -0.25) is 19.2 Å². The van der Waals surface area contributed by atoms with Crippen molar-refractivity contribution in [1.82, 2.24) is 0 Å². The predicted octanol–water partition coefficient (Wildman–Crippen LogP) is -0.389. The summed E-state index contributed by atoms with van der Waals surface area (Å²) in [6, 6.07) is 0. The summed E-state index contributed by atoms with van der Waals surface area (Å²) in [7, 11) is 10.7. The molecule has 0 fully saturated rings. The number of aliphatic hydroxyl groups is 2. The fraction of sp³-hybridized carbons (Fsp3) is 0.810. The molecule has 0 saturated heterocycles. The molecule has 0 aliphatic carbocycles. The minimum absolute atomic E-state index is 0.0498. The Balaban J connectivity index is 4.64. The van der Waals surface area contributed by atoms with Crippen LogP contribution in [0.1, 0.15) is 32.1 Å². The van der Waals surface area contributed by atoms with Gasteiger partial charge in [0.15, 0.2) is 0 Å². The third-order valence-electron chi connectivity index (χ3n) is 4.81. The minimum Gasteiger partial charge on any atom is -0.481 e. The Morgan fingerprint density at radius 1 is 0.613 bits per heavy atom. The first kappa shape index (κ1) is 29.1. The van der Waals surface area contributed by atoms with E-state index >= 15 is 0 Å². The van der Waals surface area contributed by atoms with Gasteiger partial charge in [0.1, 0.15) is 48.7 Å². The molecule has 0 aliphatic heterocycles. The number of ketones is 2. The van der Waals surface area contributed by atoms with E-state index in [1.807, 2.05) is 0 Å². The summed E-state index contributed by atoms with van der Waals surface area (Å²) >= 11 is 0. The van der Waals surface area contributed by atoms with Gasteiger partial charge >= 0.3 is 11.9 Å². The summed E-state index contributed by atoms with van der Waals surface area (Å²) in [5, 5.41) is 39.0. The number of aliphatic carboxylic acids is 2. The third-order valence-corrected chi connectivity index (χ3v) is 4.81. The first-order chi connectivity index (χ1) is 14.0. The largest absolute Gasteiger partial charge is 0.481 e. The van der Waals surface area contributed by atoms with Crippen molar-refractivity contribution in [2.45, 2.75) is 44.3 Å². The van der Waals surface area contributed by atoms with Gasteiger partial charge in [0.2, 0.25) is 0 Å². The van der Waals surface area contributed by atoms with Crippen LogP contribution in [0, 0.1) is 11.8 Å². The fourth-order valence-corrected chi connectivity index (χ4v) is 3.45. The Bertz CT molecular complexity index is 582. The molecule has 0 aliphatic rings. The second-order valence-corrected chi connectivity index (χ2v) is 10.2. The Morgan fingerprint density at radius 3 is 1.13 bits per heavy atom. The number of rotatable bonds is 16. The Kier molecular flexibility index (Phi) is 11.5. The molecule has 0 aromatic rings. The first-order valence-electron chi connectivity index (χ1n) is 10.4. The quantitative estimate of drug-likeness (QED) is 0.142. The van der Waals surface area contributed by atoms with Gasteiger partial charge in [0.05, 0.1) is 42.3 Å². The normalized spacial score (nSPS) is 16.3. The second kappa shape index (κ2) is 12.2.